The van der Waals surface area contributed by atoms with Crippen LogP contribution in [0.15, 0.2) is 0 Å². The van der Waals surface area contributed by atoms with E-state index in [0.29, 0.717) is 6.34 Å². The molecule has 0 aliphatic rings. The van der Waals surface area contributed by atoms with Gasteiger partial charge in [0.2, 0.25) is 0 Å². The van der Waals surface area contributed by atoms with Crippen LogP contribution in [0, 0.1) is 5.41 Å². The van der Waals surface area contributed by atoms with Crippen LogP contribution in [-0.2, 0) is 0 Å². The van der Waals surface area contributed by atoms with E-state index in [9.17, 15) is 4.79 Å². The number of amides is 1. The van der Waals surface area contributed by atoms with E-state index in [0.717, 1.165) is 0 Å². The molecule has 0 saturated heterocycles. The topological polar surface area (TPSA) is 131 Å². The number of anilines is 2. The van der Waals surface area contributed by atoms with Gasteiger partial charge in [0, 0.05) is 0 Å². The Morgan fingerprint density at radius 3 is 2.64 bits per heavy atom. The fraction of sp³-hybridized carbons (Fsp3) is 0. The van der Waals surface area contributed by atoms with Crippen molar-refractivity contribution in [1.29, 1.82) is 5.41 Å². The molecule has 0 aliphatic heterocycles. The average Bonchev–Trinajstić information content (AvgIpc) is 2.11. The molecule has 0 aliphatic carbocycles. The molecule has 8 heteroatoms. The van der Waals surface area contributed by atoms with Gasteiger partial charge in [0.1, 0.15) is 0 Å². The molecule has 0 atom stereocenters. The van der Waals surface area contributed by atoms with Gasteiger partial charge >= 0.3 is 0 Å². The molecule has 1 aromatic rings. The molecular formula is C6H7ClN6O. The van der Waals surface area contributed by atoms with Crippen molar-refractivity contribution >= 4 is 35.5 Å². The number of carbonyl (C=O) groups is 1. The minimum absolute atomic E-state index is 0.0458. The number of halogens is 1. The number of hydrogen-bond acceptors (Lipinski definition) is 6. The third-order valence-corrected chi connectivity index (χ3v) is 1.60. The van der Waals surface area contributed by atoms with Gasteiger partial charge in [-0.05, 0) is 0 Å². The zero-order valence-corrected chi connectivity index (χ0v) is 7.67. The highest BCUT2D eigenvalue weighted by Gasteiger charge is 2.14. The molecule has 1 heterocycles. The Balaban J connectivity index is 3.15. The first-order valence-corrected chi connectivity index (χ1v) is 3.82. The van der Waals surface area contributed by atoms with Crippen LogP contribution >= 0.6 is 11.6 Å². The van der Waals surface area contributed by atoms with Gasteiger partial charge in [-0.3, -0.25) is 10.2 Å². The zero-order valence-electron chi connectivity index (χ0n) is 6.91. The first-order chi connectivity index (χ1) is 6.56. The summed E-state index contributed by atoms with van der Waals surface area (Å²) in [7, 11) is 0. The number of nitrogen functional groups attached to an aromatic ring is 2. The first kappa shape index (κ1) is 10.2. The fourth-order valence-corrected chi connectivity index (χ4v) is 0.869. The van der Waals surface area contributed by atoms with Crippen molar-refractivity contribution < 1.29 is 4.79 Å². The van der Waals surface area contributed by atoms with Crippen molar-refractivity contribution in [2.24, 2.45) is 0 Å². The normalized spacial score (nSPS) is 9.50. The maximum atomic E-state index is 11.2. The summed E-state index contributed by atoms with van der Waals surface area (Å²) in [6.45, 7) is 0. The molecule has 74 valence electrons. The van der Waals surface area contributed by atoms with Gasteiger partial charge < -0.3 is 16.8 Å². The molecule has 14 heavy (non-hydrogen) atoms. The van der Waals surface area contributed by atoms with Crippen LogP contribution in [0.3, 0.4) is 0 Å². The Morgan fingerprint density at radius 2 is 2.07 bits per heavy atom. The Hall–Kier alpha value is -1.89. The van der Waals surface area contributed by atoms with E-state index >= 15 is 0 Å². The van der Waals surface area contributed by atoms with Crippen LogP contribution in [0.2, 0.25) is 5.15 Å². The molecule has 0 radical (unpaired) electrons. The lowest BCUT2D eigenvalue weighted by atomic mass is 10.4. The molecule has 7 nitrogen and oxygen atoms in total. The van der Waals surface area contributed by atoms with Crippen LogP contribution < -0.4 is 16.8 Å². The van der Waals surface area contributed by atoms with Crippen LogP contribution in [0.5, 0.6) is 0 Å². The summed E-state index contributed by atoms with van der Waals surface area (Å²) in [5.74, 6) is -0.839. The minimum atomic E-state index is -0.660. The highest BCUT2D eigenvalue weighted by Crippen LogP contribution is 2.16. The molecule has 0 saturated carbocycles. The molecule has 0 spiro atoms. The number of carbonyl (C=O) groups excluding carboxylic acids is 1. The second kappa shape index (κ2) is 3.88. The van der Waals surface area contributed by atoms with Gasteiger partial charge in [0.25, 0.3) is 5.91 Å². The number of nitrogens with two attached hydrogens (primary N) is 2. The summed E-state index contributed by atoms with van der Waals surface area (Å²) < 4.78 is 0. The molecule has 0 unspecified atom stereocenters. The summed E-state index contributed by atoms with van der Waals surface area (Å²) in [4.78, 5) is 18.4. The van der Waals surface area contributed by atoms with Crippen molar-refractivity contribution in [2.45, 2.75) is 0 Å². The Kier molecular flexibility index (Phi) is 2.82. The Labute approximate surface area is 84.0 Å². The van der Waals surface area contributed by atoms with E-state index in [1.54, 1.807) is 0 Å². The highest BCUT2D eigenvalue weighted by molar-refractivity contribution is 6.31. The quantitative estimate of drug-likeness (QED) is 0.394. The Morgan fingerprint density at radius 1 is 1.43 bits per heavy atom. The lowest BCUT2D eigenvalue weighted by Gasteiger charge is -2.04. The van der Waals surface area contributed by atoms with Gasteiger partial charge in [0.15, 0.2) is 22.5 Å². The first-order valence-electron chi connectivity index (χ1n) is 3.44. The van der Waals surface area contributed by atoms with Gasteiger partial charge in [0.05, 0.1) is 6.34 Å². The Bertz CT molecular complexity index is 392. The number of aromatic nitrogens is 2. The van der Waals surface area contributed by atoms with Crippen molar-refractivity contribution in [1.82, 2.24) is 15.3 Å². The lowest BCUT2D eigenvalue weighted by Crippen LogP contribution is -2.24. The van der Waals surface area contributed by atoms with E-state index < -0.39 is 5.91 Å². The fourth-order valence-electron chi connectivity index (χ4n) is 0.743. The maximum absolute atomic E-state index is 11.2. The largest absolute Gasteiger partial charge is 0.382 e. The predicted octanol–water partition coefficient (Wildman–Crippen LogP) is -0.369. The van der Waals surface area contributed by atoms with Crippen molar-refractivity contribution in [2.75, 3.05) is 11.5 Å². The maximum Gasteiger partial charge on any atom is 0.278 e. The summed E-state index contributed by atoms with van der Waals surface area (Å²) in [5, 5.41) is 8.61. The summed E-state index contributed by atoms with van der Waals surface area (Å²) in [5.41, 5.74) is 10.5. The molecule has 1 rings (SSSR count). The average molecular weight is 215 g/mol. The molecular weight excluding hydrogens is 208 g/mol. The predicted molar refractivity (Wildman–Crippen MR) is 52.1 cm³/mol. The van der Waals surface area contributed by atoms with E-state index in [1.807, 2.05) is 0 Å². The van der Waals surface area contributed by atoms with E-state index in [-0.39, 0.29) is 22.5 Å². The van der Waals surface area contributed by atoms with Crippen molar-refractivity contribution in [3.8, 4) is 0 Å². The molecule has 6 N–H and O–H groups in total. The standard InChI is InChI=1S/C6H7ClN6O/c7-3-5(10)13-4(9)2(12-3)6(14)11-1-8/h1H,(H2,8,11,14)(H4,9,10,13). The third-order valence-electron chi connectivity index (χ3n) is 1.32. The van der Waals surface area contributed by atoms with Crippen LogP contribution in [-0.4, -0.2) is 22.2 Å². The zero-order chi connectivity index (χ0) is 10.7. The summed E-state index contributed by atoms with van der Waals surface area (Å²) in [6, 6.07) is 0. The summed E-state index contributed by atoms with van der Waals surface area (Å²) in [6.07, 6.45) is 0.702. The van der Waals surface area contributed by atoms with Crippen molar-refractivity contribution in [3.05, 3.63) is 10.8 Å². The molecule has 0 bridgehead atoms. The van der Waals surface area contributed by atoms with Crippen LogP contribution in [0.1, 0.15) is 10.5 Å². The van der Waals surface area contributed by atoms with E-state index in [1.165, 1.54) is 0 Å². The van der Waals surface area contributed by atoms with E-state index in [2.05, 4.69) is 15.3 Å². The molecule has 0 fully saturated rings. The minimum Gasteiger partial charge on any atom is -0.382 e. The smallest absolute Gasteiger partial charge is 0.278 e. The highest BCUT2D eigenvalue weighted by atomic mass is 35.5. The number of nitrogens with one attached hydrogen (secondary N) is 2. The number of rotatable bonds is 2. The second-order valence-electron chi connectivity index (χ2n) is 2.25. The van der Waals surface area contributed by atoms with Gasteiger partial charge in [-0.2, -0.15) is 0 Å². The monoisotopic (exact) mass is 214 g/mol. The number of hydrogen-bond donors (Lipinski definition) is 4. The molecule has 1 amide bonds. The van der Waals surface area contributed by atoms with Crippen LogP contribution in [0.4, 0.5) is 11.6 Å². The van der Waals surface area contributed by atoms with Gasteiger partial charge in [-0.1, -0.05) is 11.6 Å². The second-order valence-corrected chi connectivity index (χ2v) is 2.61. The number of nitrogens with zero attached hydrogens (tertiary/aromatic N) is 2. The summed E-state index contributed by atoms with van der Waals surface area (Å²) >= 11 is 5.54. The van der Waals surface area contributed by atoms with Crippen molar-refractivity contribution in [3.63, 3.8) is 0 Å². The molecule has 0 aromatic carbocycles. The van der Waals surface area contributed by atoms with Gasteiger partial charge in [-0.15, -0.1) is 0 Å². The molecule has 1 aromatic heterocycles. The van der Waals surface area contributed by atoms with Gasteiger partial charge in [-0.25, -0.2) is 9.97 Å². The lowest BCUT2D eigenvalue weighted by molar-refractivity contribution is 0.0974. The third kappa shape index (κ3) is 1.88. The van der Waals surface area contributed by atoms with Crippen LogP contribution in [0.25, 0.3) is 0 Å². The SMILES string of the molecule is N=CNC(=O)c1nc(Cl)c(N)nc1N. The van der Waals surface area contributed by atoms with E-state index in [4.69, 9.17) is 28.5 Å².